The second kappa shape index (κ2) is 6.91. The van der Waals surface area contributed by atoms with Crippen LogP contribution in [0.4, 0.5) is 0 Å². The van der Waals surface area contributed by atoms with Crippen LogP contribution in [0.1, 0.15) is 41.8 Å². The molecule has 2 N–H and O–H groups in total. The highest BCUT2D eigenvalue weighted by Crippen LogP contribution is 2.25. The molecule has 1 amide bonds. The van der Waals surface area contributed by atoms with Gasteiger partial charge in [-0.15, -0.1) is 11.3 Å². The number of carbonyl (C=O) groups excluding carboxylic acids is 1. The summed E-state index contributed by atoms with van der Waals surface area (Å²) in [5.74, 6) is 0.849. The van der Waals surface area contributed by atoms with Gasteiger partial charge in [-0.25, -0.2) is 0 Å². The Kier molecular flexibility index (Phi) is 5.22. The maximum absolute atomic E-state index is 12.2. The maximum Gasteiger partial charge on any atom is 0.261 e. The molecule has 1 aliphatic carbocycles. The number of ether oxygens (including phenoxy) is 1. The van der Waals surface area contributed by atoms with E-state index in [1.165, 1.54) is 17.8 Å². The van der Waals surface area contributed by atoms with Crippen molar-refractivity contribution in [1.29, 1.82) is 0 Å². The van der Waals surface area contributed by atoms with E-state index in [9.17, 15) is 9.90 Å². The predicted octanol–water partition coefficient (Wildman–Crippen LogP) is 2.43. The molecule has 1 heterocycles. The van der Waals surface area contributed by atoms with Gasteiger partial charge in [0.05, 0.1) is 12.0 Å². The van der Waals surface area contributed by atoms with Crippen LogP contribution in [0.2, 0.25) is 0 Å². The minimum absolute atomic E-state index is 0.0568. The summed E-state index contributed by atoms with van der Waals surface area (Å²) in [6, 6.07) is 1.85. The molecule has 4 nitrogen and oxygen atoms in total. The zero-order chi connectivity index (χ0) is 13.7. The van der Waals surface area contributed by atoms with Crippen molar-refractivity contribution in [3.8, 4) is 5.75 Å². The molecule has 2 unspecified atom stereocenters. The van der Waals surface area contributed by atoms with Crippen molar-refractivity contribution < 1.29 is 14.6 Å². The lowest BCUT2D eigenvalue weighted by atomic mass is 9.95. The van der Waals surface area contributed by atoms with Crippen LogP contribution < -0.4 is 10.1 Å². The van der Waals surface area contributed by atoms with Gasteiger partial charge in [0, 0.05) is 30.0 Å². The van der Waals surface area contributed by atoms with E-state index in [0.29, 0.717) is 4.88 Å². The summed E-state index contributed by atoms with van der Waals surface area (Å²) in [5.41, 5.74) is 0. The first-order valence-electron chi connectivity index (χ1n) is 6.79. The normalized spacial score (nSPS) is 23.7. The molecule has 2 rings (SSSR count). The van der Waals surface area contributed by atoms with Gasteiger partial charge in [0.15, 0.2) is 0 Å². The first-order valence-corrected chi connectivity index (χ1v) is 7.66. The molecule has 0 aromatic carbocycles. The molecule has 1 aliphatic rings. The molecule has 0 spiro atoms. The van der Waals surface area contributed by atoms with Gasteiger partial charge in [-0.2, -0.15) is 0 Å². The average Bonchev–Trinajstić information content (AvgIpc) is 2.80. The largest absolute Gasteiger partial charge is 0.496 e. The first-order chi connectivity index (χ1) is 9.24. The van der Waals surface area contributed by atoms with Crippen molar-refractivity contribution in [3.63, 3.8) is 0 Å². The lowest BCUT2D eigenvalue weighted by molar-refractivity contribution is 0.0903. The fourth-order valence-corrected chi connectivity index (χ4v) is 3.33. The topological polar surface area (TPSA) is 58.6 Å². The molecule has 1 aromatic rings. The molecule has 0 aliphatic heterocycles. The molecule has 19 heavy (non-hydrogen) atoms. The van der Waals surface area contributed by atoms with Crippen molar-refractivity contribution in [2.24, 2.45) is 5.92 Å². The maximum atomic E-state index is 12.2. The number of rotatable bonds is 4. The van der Waals surface area contributed by atoms with Crippen LogP contribution in [0.5, 0.6) is 5.75 Å². The van der Waals surface area contributed by atoms with E-state index in [1.54, 1.807) is 13.2 Å². The van der Waals surface area contributed by atoms with Crippen molar-refractivity contribution in [2.45, 2.75) is 38.1 Å². The van der Waals surface area contributed by atoms with E-state index >= 15 is 0 Å². The zero-order valence-corrected chi connectivity index (χ0v) is 12.0. The van der Waals surface area contributed by atoms with Crippen LogP contribution in [0, 0.1) is 5.92 Å². The minimum atomic E-state index is -0.0568. The Balaban J connectivity index is 1.99. The third-order valence-corrected chi connectivity index (χ3v) is 4.65. The number of aliphatic hydroxyl groups is 1. The third-order valence-electron chi connectivity index (χ3n) is 3.74. The molecule has 1 saturated carbocycles. The van der Waals surface area contributed by atoms with Crippen LogP contribution in [-0.4, -0.2) is 30.8 Å². The first kappa shape index (κ1) is 14.3. The number of hydrogen-bond acceptors (Lipinski definition) is 4. The standard InChI is InChI=1S/C14H21NO3S/c1-18-11-7-13(19-9-11)14(17)15-12-6-4-2-3-5-10(12)8-16/h7,9-10,12,16H,2-6,8H2,1H3,(H,15,17). The fourth-order valence-electron chi connectivity index (χ4n) is 2.58. The number of hydrogen-bond donors (Lipinski definition) is 2. The van der Waals surface area contributed by atoms with Crippen molar-refractivity contribution in [3.05, 3.63) is 16.3 Å². The van der Waals surface area contributed by atoms with Crippen LogP contribution >= 0.6 is 11.3 Å². The van der Waals surface area contributed by atoms with Crippen molar-refractivity contribution >= 4 is 17.2 Å². The second-order valence-corrected chi connectivity index (χ2v) is 5.92. The summed E-state index contributed by atoms with van der Waals surface area (Å²) in [6.07, 6.45) is 5.41. The number of carbonyl (C=O) groups is 1. The third kappa shape index (κ3) is 3.70. The molecule has 0 bridgehead atoms. The van der Waals surface area contributed by atoms with E-state index in [-0.39, 0.29) is 24.5 Å². The Morgan fingerprint density at radius 3 is 2.95 bits per heavy atom. The number of amides is 1. The van der Waals surface area contributed by atoms with Crippen LogP contribution in [-0.2, 0) is 0 Å². The van der Waals surface area contributed by atoms with Crippen molar-refractivity contribution in [2.75, 3.05) is 13.7 Å². The molecule has 5 heteroatoms. The number of thiophene rings is 1. The summed E-state index contributed by atoms with van der Waals surface area (Å²) in [6.45, 7) is 0.151. The highest BCUT2D eigenvalue weighted by Gasteiger charge is 2.25. The average molecular weight is 283 g/mol. The molecular formula is C14H21NO3S. The molecule has 0 radical (unpaired) electrons. The van der Waals surface area contributed by atoms with Gasteiger partial charge in [-0.3, -0.25) is 4.79 Å². The Labute approximate surface area is 117 Å². The Hall–Kier alpha value is -1.07. The smallest absolute Gasteiger partial charge is 0.261 e. The lowest BCUT2D eigenvalue weighted by Crippen LogP contribution is -2.40. The molecule has 0 saturated heterocycles. The van der Waals surface area contributed by atoms with E-state index < -0.39 is 0 Å². The summed E-state index contributed by atoms with van der Waals surface area (Å²) in [5, 5.41) is 14.3. The van der Waals surface area contributed by atoms with E-state index in [2.05, 4.69) is 5.32 Å². The van der Waals surface area contributed by atoms with E-state index in [0.717, 1.165) is 31.4 Å². The quantitative estimate of drug-likeness (QED) is 0.834. The van der Waals surface area contributed by atoms with Crippen LogP contribution in [0.3, 0.4) is 0 Å². The van der Waals surface area contributed by atoms with Gasteiger partial charge in [0.2, 0.25) is 0 Å². The lowest BCUT2D eigenvalue weighted by Gasteiger charge is -2.24. The Morgan fingerprint density at radius 1 is 1.47 bits per heavy atom. The van der Waals surface area contributed by atoms with Crippen molar-refractivity contribution in [1.82, 2.24) is 5.32 Å². The molecular weight excluding hydrogens is 262 g/mol. The second-order valence-electron chi connectivity index (χ2n) is 5.01. The summed E-state index contributed by atoms with van der Waals surface area (Å²) in [4.78, 5) is 12.8. The summed E-state index contributed by atoms with van der Waals surface area (Å²) >= 11 is 1.39. The van der Waals surface area contributed by atoms with E-state index in [4.69, 9.17) is 4.74 Å². The van der Waals surface area contributed by atoms with Crippen LogP contribution in [0.15, 0.2) is 11.4 Å². The summed E-state index contributed by atoms with van der Waals surface area (Å²) < 4.78 is 5.09. The Morgan fingerprint density at radius 2 is 2.26 bits per heavy atom. The number of methoxy groups -OCH3 is 1. The van der Waals surface area contributed by atoms with Crippen LogP contribution in [0.25, 0.3) is 0 Å². The highest BCUT2D eigenvalue weighted by atomic mass is 32.1. The zero-order valence-electron chi connectivity index (χ0n) is 11.2. The van der Waals surface area contributed by atoms with Gasteiger partial charge < -0.3 is 15.2 Å². The number of nitrogens with one attached hydrogen (secondary N) is 1. The highest BCUT2D eigenvalue weighted by molar-refractivity contribution is 7.12. The number of aliphatic hydroxyl groups excluding tert-OH is 1. The summed E-state index contributed by atoms with van der Waals surface area (Å²) in [7, 11) is 1.59. The SMILES string of the molecule is COc1csc(C(=O)NC2CCCCCC2CO)c1. The molecule has 2 atom stereocenters. The van der Waals surface area contributed by atoms with Gasteiger partial charge >= 0.3 is 0 Å². The molecule has 106 valence electrons. The Bertz CT molecular complexity index is 419. The van der Waals surface area contributed by atoms with Gasteiger partial charge in [-0.1, -0.05) is 19.3 Å². The minimum Gasteiger partial charge on any atom is -0.496 e. The van der Waals surface area contributed by atoms with Gasteiger partial charge in [0.1, 0.15) is 5.75 Å². The van der Waals surface area contributed by atoms with E-state index in [1.807, 2.05) is 5.38 Å². The fraction of sp³-hybridized carbons (Fsp3) is 0.643. The molecule has 1 fully saturated rings. The van der Waals surface area contributed by atoms with Gasteiger partial charge in [-0.05, 0) is 12.8 Å². The monoisotopic (exact) mass is 283 g/mol. The van der Waals surface area contributed by atoms with Gasteiger partial charge in [0.25, 0.3) is 5.91 Å². The molecule has 1 aromatic heterocycles. The predicted molar refractivity (Wildman–Crippen MR) is 75.8 cm³/mol.